The van der Waals surface area contributed by atoms with Gasteiger partial charge in [-0.15, -0.1) is 0 Å². The first-order chi connectivity index (χ1) is 14.5. The first-order valence-electron chi connectivity index (χ1n) is 10.8. The summed E-state index contributed by atoms with van der Waals surface area (Å²) < 4.78 is 0. The number of nitrogens with zero attached hydrogens (tertiary/aromatic N) is 4. The number of halogens is 1. The molecule has 1 N–H and O–H groups in total. The second-order valence-electron chi connectivity index (χ2n) is 9.63. The highest BCUT2D eigenvalue weighted by molar-refractivity contribution is 6.88. The Morgan fingerprint density at radius 3 is 2.45 bits per heavy atom. The third-order valence-corrected chi connectivity index (χ3v) is 7.91. The molecule has 1 saturated heterocycles. The number of pyridine rings is 1. The molecule has 2 aromatic rings. The van der Waals surface area contributed by atoms with Crippen molar-refractivity contribution in [2.75, 3.05) is 43.9 Å². The summed E-state index contributed by atoms with van der Waals surface area (Å²) in [6.45, 7) is 11.8. The third kappa shape index (κ3) is 5.99. The molecule has 8 heteroatoms. The van der Waals surface area contributed by atoms with Crippen molar-refractivity contribution in [2.24, 2.45) is 0 Å². The van der Waals surface area contributed by atoms with Gasteiger partial charge in [0.1, 0.15) is 5.82 Å². The van der Waals surface area contributed by atoms with Crippen LogP contribution in [0.2, 0.25) is 24.7 Å². The lowest BCUT2D eigenvalue weighted by Gasteiger charge is -2.40. The molecule has 1 fully saturated rings. The van der Waals surface area contributed by atoms with Gasteiger partial charge >= 0.3 is 6.03 Å². The number of benzene rings is 1. The van der Waals surface area contributed by atoms with Crippen molar-refractivity contribution < 1.29 is 4.79 Å². The number of carbonyl (C=O) groups is 1. The van der Waals surface area contributed by atoms with E-state index < -0.39 is 8.07 Å². The Hall–Kier alpha value is -2.09. The van der Waals surface area contributed by atoms with Gasteiger partial charge < -0.3 is 20.0 Å². The molecule has 1 aromatic carbocycles. The molecule has 1 aliphatic rings. The Bertz CT molecular complexity index is 913. The summed E-state index contributed by atoms with van der Waals surface area (Å²) >= 11 is 6.53. The molecule has 31 heavy (non-hydrogen) atoms. The van der Waals surface area contributed by atoms with Crippen LogP contribution in [0.5, 0.6) is 0 Å². The number of rotatable bonds is 5. The summed E-state index contributed by atoms with van der Waals surface area (Å²) in [6, 6.07) is 10.3. The van der Waals surface area contributed by atoms with Gasteiger partial charge in [-0.1, -0.05) is 48.6 Å². The van der Waals surface area contributed by atoms with Crippen molar-refractivity contribution in [1.82, 2.24) is 14.8 Å². The summed E-state index contributed by atoms with van der Waals surface area (Å²) in [6.07, 6.45) is 1.88. The van der Waals surface area contributed by atoms with Gasteiger partial charge in [-0.25, -0.2) is 9.78 Å². The van der Waals surface area contributed by atoms with Crippen molar-refractivity contribution in [3.05, 3.63) is 47.1 Å². The molecule has 168 valence electrons. The van der Waals surface area contributed by atoms with Gasteiger partial charge in [0.15, 0.2) is 0 Å². The SMILES string of the molecule is CC1CN(c2ncc(CN(C)C)cc2Cl)CCN1C(=O)Nc1ccc([Si](C)(C)C)cc1. The monoisotopic (exact) mass is 459 g/mol. The van der Waals surface area contributed by atoms with E-state index in [1.165, 1.54) is 5.19 Å². The molecule has 1 unspecified atom stereocenters. The number of nitrogens with one attached hydrogen (secondary N) is 1. The summed E-state index contributed by atoms with van der Waals surface area (Å²) in [5, 5.41) is 5.09. The van der Waals surface area contributed by atoms with E-state index >= 15 is 0 Å². The minimum Gasteiger partial charge on any atom is -0.352 e. The van der Waals surface area contributed by atoms with Crippen LogP contribution in [-0.2, 0) is 6.54 Å². The molecule has 1 aromatic heterocycles. The molecule has 6 nitrogen and oxygen atoms in total. The molecule has 1 atom stereocenters. The quantitative estimate of drug-likeness (QED) is 0.684. The predicted molar refractivity (Wildman–Crippen MR) is 133 cm³/mol. The third-order valence-electron chi connectivity index (χ3n) is 5.57. The van der Waals surface area contributed by atoms with Gasteiger partial charge in [-0.2, -0.15) is 0 Å². The number of carbonyl (C=O) groups excluding carboxylic acids is 1. The Labute approximate surface area is 192 Å². The van der Waals surface area contributed by atoms with Crippen LogP contribution in [-0.4, -0.2) is 68.7 Å². The van der Waals surface area contributed by atoms with Crippen molar-refractivity contribution >= 4 is 42.4 Å². The van der Waals surface area contributed by atoms with Gasteiger partial charge in [-0.3, -0.25) is 0 Å². The molecule has 0 bridgehead atoms. The largest absolute Gasteiger partial charge is 0.352 e. The second kappa shape index (κ2) is 9.59. The number of hydrogen-bond acceptors (Lipinski definition) is 4. The zero-order chi connectivity index (χ0) is 22.8. The lowest BCUT2D eigenvalue weighted by molar-refractivity contribution is 0.184. The summed E-state index contributed by atoms with van der Waals surface area (Å²) in [5.41, 5.74) is 1.92. The molecule has 0 spiro atoms. The molecule has 1 aliphatic heterocycles. The van der Waals surface area contributed by atoms with Gasteiger partial charge in [0.05, 0.1) is 13.1 Å². The molecular formula is C23H34ClN5OSi. The van der Waals surface area contributed by atoms with Gasteiger partial charge in [0.25, 0.3) is 0 Å². The number of urea groups is 1. The van der Waals surface area contributed by atoms with Crippen LogP contribution in [0, 0.1) is 0 Å². The average Bonchev–Trinajstić information content (AvgIpc) is 2.67. The molecule has 2 heterocycles. The fourth-order valence-corrected chi connectivity index (χ4v) is 5.33. The highest BCUT2D eigenvalue weighted by Gasteiger charge is 2.29. The minimum absolute atomic E-state index is 0.0503. The number of piperazine rings is 1. The molecular weight excluding hydrogens is 426 g/mol. The van der Waals surface area contributed by atoms with Gasteiger partial charge in [0, 0.05) is 44.1 Å². The van der Waals surface area contributed by atoms with Crippen LogP contribution < -0.4 is 15.4 Å². The maximum atomic E-state index is 12.9. The number of anilines is 2. The topological polar surface area (TPSA) is 51.7 Å². The average molecular weight is 460 g/mol. The minimum atomic E-state index is -1.34. The van der Waals surface area contributed by atoms with Gasteiger partial charge in [-0.05, 0) is 44.8 Å². The first kappa shape index (κ1) is 23.6. The Kier molecular flexibility index (Phi) is 7.29. The zero-order valence-electron chi connectivity index (χ0n) is 19.4. The lowest BCUT2D eigenvalue weighted by atomic mass is 10.2. The molecule has 0 saturated carbocycles. The maximum Gasteiger partial charge on any atom is 0.322 e. The van der Waals surface area contributed by atoms with Crippen LogP contribution in [0.4, 0.5) is 16.3 Å². The van der Waals surface area contributed by atoms with Gasteiger partial charge in [0.2, 0.25) is 0 Å². The van der Waals surface area contributed by atoms with Crippen molar-refractivity contribution in [2.45, 2.75) is 39.2 Å². The first-order valence-corrected chi connectivity index (χ1v) is 14.6. The molecule has 0 radical (unpaired) electrons. The Morgan fingerprint density at radius 2 is 1.90 bits per heavy atom. The number of aromatic nitrogens is 1. The lowest BCUT2D eigenvalue weighted by Crippen LogP contribution is -2.55. The molecule has 0 aliphatic carbocycles. The highest BCUT2D eigenvalue weighted by atomic mass is 35.5. The summed E-state index contributed by atoms with van der Waals surface area (Å²) in [7, 11) is 2.70. The van der Waals surface area contributed by atoms with Crippen LogP contribution >= 0.6 is 11.6 Å². The number of hydrogen-bond donors (Lipinski definition) is 1. The van der Waals surface area contributed by atoms with Crippen LogP contribution in [0.3, 0.4) is 0 Å². The Balaban J connectivity index is 1.61. The normalized spacial score (nSPS) is 17.2. The summed E-state index contributed by atoms with van der Waals surface area (Å²) in [5.74, 6) is 0.790. The van der Waals surface area contributed by atoms with Crippen LogP contribution in [0.25, 0.3) is 0 Å². The van der Waals surface area contributed by atoms with E-state index in [2.05, 4.69) is 58.8 Å². The predicted octanol–water partition coefficient (Wildman–Crippen LogP) is 4.08. The van der Waals surface area contributed by atoms with Crippen LogP contribution in [0.15, 0.2) is 36.5 Å². The second-order valence-corrected chi connectivity index (χ2v) is 15.1. The fourth-order valence-electron chi connectivity index (χ4n) is 3.86. The van der Waals surface area contributed by atoms with Crippen LogP contribution in [0.1, 0.15) is 12.5 Å². The van der Waals surface area contributed by atoms with E-state index in [0.717, 1.165) is 23.6 Å². The zero-order valence-corrected chi connectivity index (χ0v) is 21.2. The van der Waals surface area contributed by atoms with E-state index in [1.54, 1.807) is 0 Å². The highest BCUT2D eigenvalue weighted by Crippen LogP contribution is 2.27. The smallest absolute Gasteiger partial charge is 0.322 e. The number of amides is 2. The molecule has 3 rings (SSSR count). The van der Waals surface area contributed by atoms with E-state index in [-0.39, 0.29) is 12.1 Å². The van der Waals surface area contributed by atoms with Crippen molar-refractivity contribution in [1.29, 1.82) is 0 Å². The fraction of sp³-hybridized carbons (Fsp3) is 0.478. The van der Waals surface area contributed by atoms with E-state index in [9.17, 15) is 4.79 Å². The van der Waals surface area contributed by atoms with E-state index in [0.29, 0.717) is 24.7 Å². The van der Waals surface area contributed by atoms with E-state index in [1.807, 2.05) is 43.4 Å². The maximum absolute atomic E-state index is 12.9. The summed E-state index contributed by atoms with van der Waals surface area (Å²) in [4.78, 5) is 23.6. The van der Waals surface area contributed by atoms with Crippen molar-refractivity contribution in [3.63, 3.8) is 0 Å². The Morgan fingerprint density at radius 1 is 1.23 bits per heavy atom. The standard InChI is InChI=1S/C23H34ClN5OSi/c1-17-15-28(22-21(24)13-18(14-25-22)16-27(2)3)11-12-29(17)23(30)26-19-7-9-20(10-8-19)31(4,5)6/h7-10,13-14,17H,11-12,15-16H2,1-6H3,(H,26,30). The van der Waals surface area contributed by atoms with Crippen molar-refractivity contribution in [3.8, 4) is 0 Å². The van der Waals surface area contributed by atoms with E-state index in [4.69, 9.17) is 11.6 Å². The molecule has 2 amide bonds.